The number of urea groups is 2. The van der Waals surface area contributed by atoms with Gasteiger partial charge in [-0.15, -0.1) is 0 Å². The van der Waals surface area contributed by atoms with Gasteiger partial charge >= 0.3 is 32.7 Å². The standard InChI is InChI=1S/C24H29BN5O12PS/c26-9-2-12-44(40,41)30-11-10-29(24(30)35)23(34)28-19(14-5-7-16(8-6-14)43(37,38)39)21(31)27-18-13-15-3-1-4-17(22(32)33)20(15)42-25(18)36/h1,3-8,18-19,36H,2,9-13,26H2,(H,27,31)(H,28,34)(H,32,33)(H2,37,38,39)/t18-,19?/m0/s1. The molecule has 0 bridgehead atoms. The van der Waals surface area contributed by atoms with E-state index in [0.717, 1.165) is 24.3 Å². The van der Waals surface area contributed by atoms with Gasteiger partial charge in [-0.25, -0.2) is 32.0 Å². The van der Waals surface area contributed by atoms with Crippen molar-refractivity contribution in [1.82, 2.24) is 19.8 Å². The molecule has 0 aliphatic carbocycles. The zero-order valence-corrected chi connectivity index (χ0v) is 24.6. The van der Waals surface area contributed by atoms with Gasteiger partial charge in [-0.1, -0.05) is 24.3 Å². The minimum Gasteiger partial charge on any atom is -0.534 e. The number of nitrogens with one attached hydrogen (secondary N) is 2. The van der Waals surface area contributed by atoms with Crippen molar-refractivity contribution in [1.29, 1.82) is 0 Å². The van der Waals surface area contributed by atoms with Gasteiger partial charge in [-0.2, -0.15) is 0 Å². The van der Waals surface area contributed by atoms with Crippen molar-refractivity contribution < 1.29 is 56.7 Å². The van der Waals surface area contributed by atoms with E-state index in [1.807, 2.05) is 0 Å². The van der Waals surface area contributed by atoms with Crippen LogP contribution in [-0.2, 0) is 25.8 Å². The Morgan fingerprint density at radius 1 is 1.14 bits per heavy atom. The maximum Gasteiger partial charge on any atom is 0.547 e. The monoisotopic (exact) mass is 653 g/mol. The van der Waals surface area contributed by atoms with Crippen molar-refractivity contribution in [3.8, 4) is 5.75 Å². The summed E-state index contributed by atoms with van der Waals surface area (Å²) >= 11 is 0. The number of carbonyl (C=O) groups is 4. The van der Waals surface area contributed by atoms with Crippen molar-refractivity contribution in [3.63, 3.8) is 0 Å². The molecule has 2 aromatic rings. The maximum atomic E-state index is 13.5. The van der Waals surface area contributed by atoms with E-state index in [1.54, 1.807) is 6.07 Å². The van der Waals surface area contributed by atoms with Gasteiger partial charge < -0.3 is 40.9 Å². The number of benzene rings is 2. The predicted octanol–water partition coefficient (Wildman–Crippen LogP) is -1.51. The number of carboxylic acids is 1. The number of sulfonamides is 1. The van der Waals surface area contributed by atoms with Gasteiger partial charge in [0.15, 0.2) is 0 Å². The fourth-order valence-corrected chi connectivity index (χ4v) is 6.67. The Labute approximate surface area is 251 Å². The second kappa shape index (κ2) is 12.9. The molecule has 2 aliphatic rings. The average Bonchev–Trinajstić information content (AvgIpc) is 3.36. The fourth-order valence-electron chi connectivity index (χ4n) is 4.68. The van der Waals surface area contributed by atoms with Gasteiger partial charge in [0.2, 0.25) is 15.9 Å². The molecule has 0 spiro atoms. The first-order valence-corrected chi connectivity index (χ1v) is 16.3. The molecule has 236 valence electrons. The molecule has 0 saturated carbocycles. The molecule has 20 heteroatoms. The van der Waals surface area contributed by atoms with Crippen LogP contribution in [0.15, 0.2) is 42.5 Å². The number of rotatable bonds is 10. The van der Waals surface area contributed by atoms with Crippen LogP contribution in [-0.4, -0.2) is 99.9 Å². The molecule has 1 fully saturated rings. The van der Waals surface area contributed by atoms with Gasteiger partial charge in [-0.3, -0.25) is 9.36 Å². The first-order valence-electron chi connectivity index (χ1n) is 13.1. The molecular weight excluding hydrogens is 624 g/mol. The second-order valence-corrected chi connectivity index (χ2v) is 13.5. The fraction of sp³-hybridized carbons (Fsp3) is 0.333. The lowest BCUT2D eigenvalue weighted by molar-refractivity contribution is -0.123. The first-order chi connectivity index (χ1) is 20.6. The van der Waals surface area contributed by atoms with E-state index in [0.29, 0.717) is 14.8 Å². The molecule has 17 nitrogen and oxygen atoms in total. The smallest absolute Gasteiger partial charge is 0.534 e. The second-order valence-electron chi connectivity index (χ2n) is 9.91. The van der Waals surface area contributed by atoms with Gasteiger partial charge in [0.1, 0.15) is 11.8 Å². The molecule has 0 aromatic heterocycles. The highest BCUT2D eigenvalue weighted by Gasteiger charge is 2.42. The Morgan fingerprint density at radius 3 is 2.43 bits per heavy atom. The number of carbonyl (C=O) groups excluding carboxylic acids is 3. The van der Waals surface area contributed by atoms with Crippen LogP contribution >= 0.6 is 7.60 Å². The van der Waals surface area contributed by atoms with E-state index in [4.69, 9.17) is 10.4 Å². The molecule has 5 amide bonds. The number of aromatic carboxylic acids is 1. The molecule has 2 aliphatic heterocycles. The third-order valence-electron chi connectivity index (χ3n) is 6.93. The van der Waals surface area contributed by atoms with Crippen LogP contribution in [0, 0.1) is 0 Å². The summed E-state index contributed by atoms with van der Waals surface area (Å²) in [7, 11) is -10.4. The number of carboxylic acid groups (broad SMARTS) is 1. The molecule has 4 rings (SSSR count). The number of nitrogens with zero attached hydrogens (tertiary/aromatic N) is 2. The van der Waals surface area contributed by atoms with E-state index in [-0.39, 0.29) is 54.7 Å². The maximum absolute atomic E-state index is 13.5. The zero-order chi connectivity index (χ0) is 32.4. The lowest BCUT2D eigenvalue weighted by Gasteiger charge is -2.30. The van der Waals surface area contributed by atoms with E-state index in [2.05, 4.69) is 10.6 Å². The van der Waals surface area contributed by atoms with Gasteiger partial charge in [0.05, 0.1) is 35.7 Å². The molecule has 2 atom stereocenters. The summed E-state index contributed by atoms with van der Waals surface area (Å²) < 4.78 is 42.6. The molecule has 1 unspecified atom stereocenters. The summed E-state index contributed by atoms with van der Waals surface area (Å²) in [6.45, 7) is -0.581. The number of para-hydroxylation sites is 1. The molecule has 44 heavy (non-hydrogen) atoms. The topological polar surface area (TPSA) is 266 Å². The third-order valence-corrected chi connectivity index (χ3v) is 9.71. The average molecular weight is 653 g/mol. The summed E-state index contributed by atoms with van der Waals surface area (Å²) in [5.74, 6) is -3.85. The number of nitrogens with two attached hydrogens (primary N) is 1. The van der Waals surface area contributed by atoms with Crippen LogP contribution < -0.4 is 26.3 Å². The summed E-state index contributed by atoms with van der Waals surface area (Å²) in [6, 6.07) is 4.80. The summed E-state index contributed by atoms with van der Waals surface area (Å²) in [5, 5.41) is 24.5. The van der Waals surface area contributed by atoms with Crippen LogP contribution in [0.1, 0.15) is 33.9 Å². The van der Waals surface area contributed by atoms with E-state index >= 15 is 0 Å². The van der Waals surface area contributed by atoms with Crippen LogP contribution in [0.25, 0.3) is 0 Å². The Kier molecular flexibility index (Phi) is 9.67. The van der Waals surface area contributed by atoms with Crippen LogP contribution in [0.5, 0.6) is 5.75 Å². The lowest BCUT2D eigenvalue weighted by Crippen LogP contribution is -2.56. The number of hydrogen-bond acceptors (Lipinski definition) is 10. The largest absolute Gasteiger partial charge is 0.547 e. The minimum atomic E-state index is -4.66. The Bertz CT molecular complexity index is 1620. The van der Waals surface area contributed by atoms with Crippen LogP contribution in [0.2, 0.25) is 0 Å². The number of imide groups is 1. The van der Waals surface area contributed by atoms with Crippen LogP contribution in [0.3, 0.4) is 0 Å². The lowest BCUT2D eigenvalue weighted by atomic mass is 9.72. The summed E-state index contributed by atoms with van der Waals surface area (Å²) in [4.78, 5) is 70.6. The Hall–Kier alpha value is -4.00. The van der Waals surface area contributed by atoms with Crippen molar-refractivity contribution in [2.24, 2.45) is 5.73 Å². The van der Waals surface area contributed by atoms with Crippen molar-refractivity contribution in [2.75, 3.05) is 25.4 Å². The highest BCUT2D eigenvalue weighted by molar-refractivity contribution is 7.89. The van der Waals surface area contributed by atoms with Crippen molar-refractivity contribution in [2.45, 2.75) is 24.8 Å². The highest BCUT2D eigenvalue weighted by Crippen LogP contribution is 2.34. The first kappa shape index (κ1) is 32.9. The highest BCUT2D eigenvalue weighted by atomic mass is 32.2. The molecule has 2 heterocycles. The van der Waals surface area contributed by atoms with Crippen LogP contribution in [0.4, 0.5) is 9.59 Å². The SMILES string of the molecule is NCCCS(=O)(=O)N1CCN(C(=O)NC(C(=O)N[C@H]2Cc3cccc(C(=O)O)c3OB2O)c2ccc(P(=O)(O)O)cc2)C1=O. The molecule has 2 aromatic carbocycles. The zero-order valence-electron chi connectivity index (χ0n) is 22.9. The van der Waals surface area contributed by atoms with E-state index in [1.165, 1.54) is 12.1 Å². The van der Waals surface area contributed by atoms with E-state index < -0.39 is 66.4 Å². The van der Waals surface area contributed by atoms with Crippen molar-refractivity contribution in [3.05, 3.63) is 59.2 Å². The minimum absolute atomic E-state index is 0.0203. The predicted molar refractivity (Wildman–Crippen MR) is 153 cm³/mol. The molecular formula is C24H29BN5O12PS. The van der Waals surface area contributed by atoms with Gasteiger partial charge in [-0.05, 0) is 48.7 Å². The van der Waals surface area contributed by atoms with Gasteiger partial charge in [0.25, 0.3) is 0 Å². The van der Waals surface area contributed by atoms with Gasteiger partial charge in [0, 0.05) is 0 Å². The summed E-state index contributed by atoms with van der Waals surface area (Å²) in [5.41, 5.74) is 5.55. The molecule has 0 radical (unpaired) electrons. The molecule has 1 saturated heterocycles. The Morgan fingerprint density at radius 2 is 1.82 bits per heavy atom. The number of hydrogen-bond donors (Lipinski definition) is 7. The van der Waals surface area contributed by atoms with Crippen molar-refractivity contribution >= 4 is 54.0 Å². The number of fused-ring (bicyclic) bond motifs is 1. The number of amides is 5. The molecule has 8 N–H and O–H groups in total. The normalized spacial score (nSPS) is 17.5. The summed E-state index contributed by atoms with van der Waals surface area (Å²) in [6.07, 6.45) is 0.0192. The quantitative estimate of drug-likeness (QED) is 0.114. The van der Waals surface area contributed by atoms with E-state index in [9.17, 15) is 52.1 Å². The Balaban J connectivity index is 1.58. The third kappa shape index (κ3) is 7.04.